The molecule has 3 aromatic carbocycles. The van der Waals surface area contributed by atoms with E-state index in [2.05, 4.69) is 37.2 Å². The molecule has 0 atom stereocenters. The molecule has 1 aliphatic rings. The van der Waals surface area contributed by atoms with Gasteiger partial charge in [0.05, 0.1) is 16.5 Å². The molecule has 0 spiro atoms. The summed E-state index contributed by atoms with van der Waals surface area (Å²) in [5.74, 6) is -0.0772. The molecule has 190 valence electrons. The highest BCUT2D eigenvalue weighted by atomic mass is 79.9. The molecule has 0 bridgehead atoms. The molecule has 7 nitrogen and oxygen atoms in total. The van der Waals surface area contributed by atoms with E-state index in [9.17, 15) is 14.4 Å². The number of carbonyl (C=O) groups is 3. The molecule has 0 radical (unpaired) electrons. The van der Waals surface area contributed by atoms with Gasteiger partial charge < -0.3 is 14.8 Å². The zero-order valence-corrected chi connectivity index (χ0v) is 24.0. The van der Waals surface area contributed by atoms with Crippen molar-refractivity contribution in [2.75, 3.05) is 19.0 Å². The first-order valence-corrected chi connectivity index (χ1v) is 13.6. The first-order valence-electron chi connectivity index (χ1n) is 10.8. The van der Waals surface area contributed by atoms with Crippen molar-refractivity contribution in [1.29, 1.82) is 0 Å². The van der Waals surface area contributed by atoms with Gasteiger partial charge in [-0.05, 0) is 93.4 Å². The number of benzene rings is 3. The maximum Gasteiger partial charge on any atom is 0.294 e. The minimum atomic E-state index is -0.542. The van der Waals surface area contributed by atoms with E-state index >= 15 is 0 Å². The molecule has 0 unspecified atom stereocenters. The Balaban J connectivity index is 1.46. The molecule has 3 amide bonds. The van der Waals surface area contributed by atoms with Gasteiger partial charge in [0.15, 0.2) is 11.5 Å². The van der Waals surface area contributed by atoms with Gasteiger partial charge >= 0.3 is 0 Å². The molecule has 0 saturated carbocycles. The Bertz CT molecular complexity index is 1380. The number of ether oxygens (including phenoxy) is 2. The Morgan fingerprint density at radius 1 is 1.08 bits per heavy atom. The third-order valence-corrected chi connectivity index (χ3v) is 7.43. The minimum absolute atomic E-state index is 0.199. The van der Waals surface area contributed by atoms with Crippen LogP contribution in [0.25, 0.3) is 6.08 Å². The number of anilines is 1. The van der Waals surface area contributed by atoms with Crippen LogP contribution in [0.3, 0.4) is 0 Å². The van der Waals surface area contributed by atoms with Crippen LogP contribution in [0.4, 0.5) is 10.5 Å². The number of nitrogens with zero attached hydrogens (tertiary/aromatic N) is 1. The highest BCUT2D eigenvalue weighted by Crippen LogP contribution is 2.39. The summed E-state index contributed by atoms with van der Waals surface area (Å²) in [6.45, 7) is -0.0880. The number of imide groups is 1. The van der Waals surface area contributed by atoms with E-state index < -0.39 is 17.1 Å². The third kappa shape index (κ3) is 6.95. The van der Waals surface area contributed by atoms with Gasteiger partial charge in [-0.2, -0.15) is 0 Å². The van der Waals surface area contributed by atoms with Gasteiger partial charge in [0, 0.05) is 15.2 Å². The topological polar surface area (TPSA) is 84.9 Å². The van der Waals surface area contributed by atoms with E-state index in [1.165, 1.54) is 7.11 Å². The van der Waals surface area contributed by atoms with Crippen LogP contribution in [0, 0.1) is 0 Å². The Morgan fingerprint density at radius 3 is 2.46 bits per heavy atom. The average molecular weight is 667 g/mol. The van der Waals surface area contributed by atoms with Crippen LogP contribution >= 0.6 is 55.2 Å². The average Bonchev–Trinajstić information content (AvgIpc) is 3.12. The van der Waals surface area contributed by atoms with Crippen LogP contribution < -0.4 is 14.8 Å². The second-order valence-corrected chi connectivity index (χ2v) is 11.0. The number of nitrogens with one attached hydrogen (secondary N) is 1. The number of carbonyl (C=O) groups excluding carboxylic acids is 3. The largest absolute Gasteiger partial charge is 0.493 e. The van der Waals surface area contributed by atoms with Gasteiger partial charge in [0.1, 0.15) is 13.2 Å². The molecule has 1 aliphatic heterocycles. The van der Waals surface area contributed by atoms with E-state index in [-0.39, 0.29) is 11.4 Å². The molecule has 0 aliphatic carbocycles. The standard InChI is InChI=1S/C26H19Br2ClN2O5S/c1-35-21-11-16(10-20(28)24(21)36-14-15-2-6-18(29)7-3-15)12-22-25(33)31(26(34)37-22)13-23(32)30-19-8-4-17(27)5-9-19/h2-12H,13-14H2,1H3,(H,30,32)/b22-12+. The summed E-state index contributed by atoms with van der Waals surface area (Å²) >= 11 is 13.5. The summed E-state index contributed by atoms with van der Waals surface area (Å²) < 4.78 is 12.9. The second kappa shape index (κ2) is 12.2. The highest BCUT2D eigenvalue weighted by Gasteiger charge is 2.36. The number of methoxy groups -OCH3 is 1. The Labute approximate surface area is 239 Å². The van der Waals surface area contributed by atoms with Gasteiger partial charge in [-0.1, -0.05) is 39.7 Å². The van der Waals surface area contributed by atoms with Gasteiger partial charge in [-0.3, -0.25) is 19.3 Å². The monoisotopic (exact) mass is 664 g/mol. The molecule has 37 heavy (non-hydrogen) atoms. The lowest BCUT2D eigenvalue weighted by molar-refractivity contribution is -0.127. The summed E-state index contributed by atoms with van der Waals surface area (Å²) in [5, 5.41) is 2.80. The van der Waals surface area contributed by atoms with Crippen LogP contribution in [0.5, 0.6) is 11.5 Å². The zero-order chi connectivity index (χ0) is 26.5. The maximum atomic E-state index is 12.9. The number of amides is 3. The number of hydrogen-bond acceptors (Lipinski definition) is 6. The maximum absolute atomic E-state index is 12.9. The second-order valence-electron chi connectivity index (χ2n) is 7.77. The van der Waals surface area contributed by atoms with E-state index in [0.29, 0.717) is 38.9 Å². The van der Waals surface area contributed by atoms with Gasteiger partial charge in [0.2, 0.25) is 5.91 Å². The van der Waals surface area contributed by atoms with Crippen molar-refractivity contribution in [3.63, 3.8) is 0 Å². The lowest BCUT2D eigenvalue weighted by atomic mass is 10.1. The van der Waals surface area contributed by atoms with Crippen LogP contribution in [-0.2, 0) is 16.2 Å². The molecule has 1 heterocycles. The van der Waals surface area contributed by atoms with Crippen molar-refractivity contribution in [1.82, 2.24) is 4.90 Å². The van der Waals surface area contributed by atoms with E-state index in [1.807, 2.05) is 12.1 Å². The molecule has 1 fully saturated rings. The fraction of sp³-hybridized carbons (Fsp3) is 0.115. The van der Waals surface area contributed by atoms with Gasteiger partial charge in [-0.15, -0.1) is 0 Å². The van der Waals surface area contributed by atoms with Crippen molar-refractivity contribution in [3.05, 3.63) is 90.7 Å². The summed E-state index contributed by atoms with van der Waals surface area (Å²) in [6.07, 6.45) is 1.58. The van der Waals surface area contributed by atoms with Crippen LogP contribution in [0.2, 0.25) is 5.02 Å². The molecular formula is C26H19Br2ClN2O5S. The molecule has 3 aromatic rings. The number of thioether (sulfide) groups is 1. The first-order chi connectivity index (χ1) is 17.7. The molecule has 1 N–H and O–H groups in total. The SMILES string of the molecule is COc1cc(/C=C2/SC(=O)N(CC(=O)Nc3ccc(Br)cc3)C2=O)cc(Br)c1OCc1ccc(Cl)cc1. The Morgan fingerprint density at radius 2 is 1.78 bits per heavy atom. The first kappa shape index (κ1) is 27.3. The number of halogens is 3. The predicted molar refractivity (Wildman–Crippen MR) is 152 cm³/mol. The number of rotatable bonds is 8. The van der Waals surface area contributed by atoms with E-state index in [0.717, 1.165) is 26.7 Å². The van der Waals surface area contributed by atoms with Crippen LogP contribution in [0.1, 0.15) is 11.1 Å². The Kier molecular flexibility index (Phi) is 8.96. The van der Waals surface area contributed by atoms with E-state index in [1.54, 1.807) is 54.6 Å². The molecule has 11 heteroatoms. The lowest BCUT2D eigenvalue weighted by Gasteiger charge is -2.14. The summed E-state index contributed by atoms with van der Waals surface area (Å²) in [4.78, 5) is 38.9. The smallest absolute Gasteiger partial charge is 0.294 e. The summed E-state index contributed by atoms with van der Waals surface area (Å²) in [5.41, 5.74) is 2.11. The lowest BCUT2D eigenvalue weighted by Crippen LogP contribution is -2.36. The Hall–Kier alpha value is -2.79. The van der Waals surface area contributed by atoms with Crippen molar-refractivity contribution in [3.8, 4) is 11.5 Å². The molecule has 1 saturated heterocycles. The molecule has 4 rings (SSSR count). The fourth-order valence-electron chi connectivity index (χ4n) is 3.36. The van der Waals surface area contributed by atoms with Gasteiger partial charge in [0.25, 0.3) is 11.1 Å². The minimum Gasteiger partial charge on any atom is -0.493 e. The quantitative estimate of drug-likeness (QED) is 0.258. The van der Waals surface area contributed by atoms with Gasteiger partial charge in [-0.25, -0.2) is 0 Å². The predicted octanol–water partition coefficient (Wildman–Crippen LogP) is 7.13. The normalized spacial score (nSPS) is 14.3. The van der Waals surface area contributed by atoms with Crippen molar-refractivity contribution >= 4 is 84.0 Å². The third-order valence-electron chi connectivity index (χ3n) is 5.15. The molecular weight excluding hydrogens is 648 g/mol. The summed E-state index contributed by atoms with van der Waals surface area (Å²) in [6, 6.07) is 17.7. The fourth-order valence-corrected chi connectivity index (χ4v) is 5.17. The van der Waals surface area contributed by atoms with Crippen molar-refractivity contribution in [2.24, 2.45) is 0 Å². The van der Waals surface area contributed by atoms with Crippen molar-refractivity contribution < 1.29 is 23.9 Å². The van der Waals surface area contributed by atoms with Crippen LogP contribution in [0.15, 0.2) is 74.5 Å². The van der Waals surface area contributed by atoms with Crippen LogP contribution in [-0.4, -0.2) is 35.6 Å². The number of hydrogen-bond donors (Lipinski definition) is 1. The zero-order valence-electron chi connectivity index (χ0n) is 19.3. The molecule has 0 aromatic heterocycles. The summed E-state index contributed by atoms with van der Waals surface area (Å²) in [7, 11) is 1.51. The van der Waals surface area contributed by atoms with Crippen molar-refractivity contribution in [2.45, 2.75) is 6.61 Å². The highest BCUT2D eigenvalue weighted by molar-refractivity contribution is 9.10. The van der Waals surface area contributed by atoms with E-state index in [4.69, 9.17) is 21.1 Å².